The van der Waals surface area contributed by atoms with Crippen molar-refractivity contribution in [1.82, 2.24) is 0 Å². The molecule has 5 nitrogen and oxygen atoms in total. The third kappa shape index (κ3) is 4.39. The lowest BCUT2D eigenvalue weighted by Crippen LogP contribution is -2.21. The first-order valence-corrected chi connectivity index (χ1v) is 9.00. The number of benzene rings is 2. The fourth-order valence-electron chi connectivity index (χ4n) is 2.18. The lowest BCUT2D eigenvalue weighted by molar-refractivity contribution is 0.595. The van der Waals surface area contributed by atoms with Crippen molar-refractivity contribution < 1.29 is 8.42 Å². The molecule has 0 saturated heterocycles. The Bertz CT molecular complexity index is 762. The zero-order valence-corrected chi connectivity index (χ0v) is 14.4. The summed E-state index contributed by atoms with van der Waals surface area (Å²) in [6.45, 7) is 7.91. The van der Waals surface area contributed by atoms with Crippen LogP contribution in [0.25, 0.3) is 0 Å². The van der Waals surface area contributed by atoms with Gasteiger partial charge in [-0.25, -0.2) is 0 Å². The predicted molar refractivity (Wildman–Crippen MR) is 92.9 cm³/mol. The van der Waals surface area contributed by atoms with E-state index < -0.39 is 10.0 Å². The second-order valence-electron chi connectivity index (χ2n) is 5.16. The van der Waals surface area contributed by atoms with Gasteiger partial charge in [-0.05, 0) is 57.2 Å². The van der Waals surface area contributed by atoms with Crippen LogP contribution < -0.4 is 4.90 Å². The van der Waals surface area contributed by atoms with Crippen molar-refractivity contribution in [3.05, 3.63) is 54.1 Å². The van der Waals surface area contributed by atoms with Gasteiger partial charge in [0, 0.05) is 18.8 Å². The maximum atomic E-state index is 12.1. The second kappa shape index (κ2) is 7.37. The van der Waals surface area contributed by atoms with Crippen molar-refractivity contribution in [2.45, 2.75) is 25.7 Å². The Morgan fingerprint density at radius 2 is 1.48 bits per heavy atom. The molecule has 2 rings (SSSR count). The van der Waals surface area contributed by atoms with Crippen molar-refractivity contribution >= 4 is 21.4 Å². The molecule has 0 amide bonds. The monoisotopic (exact) mass is 331 g/mol. The molecule has 0 saturated carbocycles. The van der Waals surface area contributed by atoms with E-state index in [0.29, 0.717) is 5.69 Å². The molecule has 0 aliphatic carbocycles. The first-order chi connectivity index (χ1) is 11.0. The van der Waals surface area contributed by atoms with Gasteiger partial charge in [0.15, 0.2) is 0 Å². The number of aryl methyl sites for hydroxylation is 1. The molecule has 0 heterocycles. The van der Waals surface area contributed by atoms with E-state index >= 15 is 0 Å². The highest BCUT2D eigenvalue weighted by molar-refractivity contribution is 7.90. The van der Waals surface area contributed by atoms with Crippen LogP contribution in [0.3, 0.4) is 0 Å². The molecule has 23 heavy (non-hydrogen) atoms. The molecule has 6 heteroatoms. The van der Waals surface area contributed by atoms with Gasteiger partial charge >= 0.3 is 0 Å². The van der Waals surface area contributed by atoms with E-state index in [0.717, 1.165) is 24.3 Å². The Hall–Kier alpha value is -2.21. The second-order valence-corrected chi connectivity index (χ2v) is 6.74. The molecule has 2 aromatic rings. The van der Waals surface area contributed by atoms with E-state index in [2.05, 4.69) is 28.4 Å². The average molecular weight is 331 g/mol. The Kier molecular flexibility index (Phi) is 5.50. The van der Waals surface area contributed by atoms with Crippen molar-refractivity contribution in [2.24, 2.45) is 9.63 Å². The van der Waals surface area contributed by atoms with Crippen LogP contribution in [0, 0.1) is 6.92 Å². The molecule has 0 radical (unpaired) electrons. The number of hydrogen-bond acceptors (Lipinski definition) is 4. The van der Waals surface area contributed by atoms with Crippen LogP contribution >= 0.6 is 0 Å². The van der Waals surface area contributed by atoms with Crippen LogP contribution in [0.1, 0.15) is 19.4 Å². The minimum atomic E-state index is -3.76. The number of anilines is 1. The molecule has 0 unspecified atom stereocenters. The minimum Gasteiger partial charge on any atom is -0.372 e. The van der Waals surface area contributed by atoms with E-state index in [9.17, 15) is 8.42 Å². The predicted octanol–water partition coefficient (Wildman–Crippen LogP) is 4.31. The van der Waals surface area contributed by atoms with Gasteiger partial charge in [0.25, 0.3) is 10.0 Å². The summed E-state index contributed by atoms with van der Waals surface area (Å²) in [5.41, 5.74) is 2.58. The topological polar surface area (TPSA) is 62.1 Å². The molecule has 0 N–H and O–H groups in total. The Labute approximate surface area is 137 Å². The molecule has 0 bridgehead atoms. The van der Waals surface area contributed by atoms with Gasteiger partial charge in [-0.3, -0.25) is 0 Å². The standard InChI is InChI=1S/C17H21N3O2S/c1-4-20(5-2)16-10-8-15(9-11-16)18-19-23(21,22)17-12-6-14(3)7-13-17/h6-13H,4-5H2,1-3H3. The van der Waals surface area contributed by atoms with Crippen molar-refractivity contribution in [3.63, 3.8) is 0 Å². The first kappa shape index (κ1) is 17.1. The lowest BCUT2D eigenvalue weighted by Gasteiger charge is -2.20. The van der Waals surface area contributed by atoms with E-state index in [-0.39, 0.29) is 4.90 Å². The molecular weight excluding hydrogens is 310 g/mol. The van der Waals surface area contributed by atoms with Crippen LogP contribution in [-0.4, -0.2) is 21.5 Å². The van der Waals surface area contributed by atoms with E-state index in [1.807, 2.05) is 19.1 Å². The van der Waals surface area contributed by atoms with Gasteiger partial charge in [0.1, 0.15) is 0 Å². The molecule has 0 atom stereocenters. The van der Waals surface area contributed by atoms with Crippen molar-refractivity contribution in [2.75, 3.05) is 18.0 Å². The Morgan fingerprint density at radius 3 is 2.00 bits per heavy atom. The fourth-order valence-corrected chi connectivity index (χ4v) is 2.95. The smallest absolute Gasteiger partial charge is 0.299 e. The molecule has 122 valence electrons. The summed E-state index contributed by atoms with van der Waals surface area (Å²) in [6.07, 6.45) is 0. The van der Waals surface area contributed by atoms with Gasteiger partial charge in [0.05, 0.1) is 10.6 Å². The zero-order chi connectivity index (χ0) is 16.9. The summed E-state index contributed by atoms with van der Waals surface area (Å²) >= 11 is 0. The van der Waals surface area contributed by atoms with Crippen molar-refractivity contribution in [1.29, 1.82) is 0 Å². The summed E-state index contributed by atoms with van der Waals surface area (Å²) in [5.74, 6) is 0. The number of rotatable bonds is 6. The van der Waals surface area contributed by atoms with Crippen molar-refractivity contribution in [3.8, 4) is 0 Å². The maximum Gasteiger partial charge on any atom is 0.299 e. The number of sulfonamides is 1. The van der Waals surface area contributed by atoms with E-state index in [4.69, 9.17) is 0 Å². The summed E-state index contributed by atoms with van der Waals surface area (Å²) in [7, 11) is -3.76. The highest BCUT2D eigenvalue weighted by Gasteiger charge is 2.12. The van der Waals surface area contributed by atoms with Crippen LogP contribution in [0.2, 0.25) is 0 Å². The van der Waals surface area contributed by atoms with Crippen LogP contribution in [0.5, 0.6) is 0 Å². The third-order valence-corrected chi connectivity index (χ3v) is 4.73. The van der Waals surface area contributed by atoms with Gasteiger partial charge < -0.3 is 4.90 Å². The first-order valence-electron chi connectivity index (χ1n) is 7.56. The lowest BCUT2D eigenvalue weighted by atomic mass is 10.2. The summed E-state index contributed by atoms with van der Waals surface area (Å²) in [4.78, 5) is 2.34. The normalized spacial score (nSPS) is 11.8. The molecule has 0 spiro atoms. The molecule has 0 aliphatic heterocycles. The minimum absolute atomic E-state index is 0.145. The fraction of sp³-hybridized carbons (Fsp3) is 0.294. The molecule has 0 aliphatic rings. The van der Waals surface area contributed by atoms with Gasteiger partial charge in [0.2, 0.25) is 0 Å². The SMILES string of the molecule is CCN(CC)c1ccc(N=NS(=O)(=O)c2ccc(C)cc2)cc1. The van der Waals surface area contributed by atoms with Crippen LogP contribution in [0.15, 0.2) is 63.1 Å². The highest BCUT2D eigenvalue weighted by Crippen LogP contribution is 2.21. The third-order valence-electron chi connectivity index (χ3n) is 3.56. The maximum absolute atomic E-state index is 12.1. The summed E-state index contributed by atoms with van der Waals surface area (Å²) in [6, 6.07) is 13.9. The van der Waals surface area contributed by atoms with E-state index in [1.54, 1.807) is 24.3 Å². The quantitative estimate of drug-likeness (QED) is 0.741. The molecule has 0 aromatic heterocycles. The van der Waals surface area contributed by atoms with Gasteiger partial charge in [-0.2, -0.15) is 8.42 Å². The Balaban J connectivity index is 2.17. The van der Waals surface area contributed by atoms with E-state index in [1.165, 1.54) is 12.1 Å². The summed E-state index contributed by atoms with van der Waals surface area (Å²) in [5, 5.41) is 3.85. The highest BCUT2D eigenvalue weighted by atomic mass is 32.2. The Morgan fingerprint density at radius 1 is 0.913 bits per heavy atom. The van der Waals surface area contributed by atoms with Crippen LogP contribution in [0.4, 0.5) is 11.4 Å². The number of nitrogens with zero attached hydrogens (tertiary/aromatic N) is 3. The summed E-state index contributed by atoms with van der Waals surface area (Å²) < 4.78 is 27.8. The molecule has 0 fully saturated rings. The molecular formula is C17H21N3O2S. The largest absolute Gasteiger partial charge is 0.372 e. The van der Waals surface area contributed by atoms with Crippen LogP contribution in [-0.2, 0) is 10.0 Å². The molecule has 2 aromatic carbocycles. The van der Waals surface area contributed by atoms with Gasteiger partial charge in [-0.15, -0.1) is 5.11 Å². The number of hydrogen-bond donors (Lipinski definition) is 0. The zero-order valence-electron chi connectivity index (χ0n) is 13.6. The average Bonchev–Trinajstić information content (AvgIpc) is 2.56. The van der Waals surface area contributed by atoms with Gasteiger partial charge in [-0.1, -0.05) is 22.2 Å².